The summed E-state index contributed by atoms with van der Waals surface area (Å²) in [5.74, 6) is -0.344. The van der Waals surface area contributed by atoms with Gasteiger partial charge in [-0.1, -0.05) is 5.21 Å². The largest absolute Gasteiger partial charge is 0.474 e. The van der Waals surface area contributed by atoms with Crippen molar-refractivity contribution in [3.05, 3.63) is 54.2 Å². The Morgan fingerprint density at radius 3 is 3.04 bits per heavy atom. The number of halogens is 1. The minimum atomic E-state index is -0.344. The van der Waals surface area contributed by atoms with E-state index in [-0.39, 0.29) is 23.1 Å². The first kappa shape index (κ1) is 17.5. The van der Waals surface area contributed by atoms with E-state index in [1.807, 2.05) is 6.07 Å². The number of nitrogens with one attached hydrogen (secondary N) is 1. The van der Waals surface area contributed by atoms with Crippen molar-refractivity contribution in [3.63, 3.8) is 0 Å². The predicted octanol–water partition coefficient (Wildman–Crippen LogP) is 2.01. The lowest BCUT2D eigenvalue weighted by molar-refractivity contribution is 0.392. The summed E-state index contributed by atoms with van der Waals surface area (Å²) in [6.45, 7) is 0.346. The number of allylic oxidation sites excluding steroid dienone is 6. The van der Waals surface area contributed by atoms with Crippen molar-refractivity contribution in [1.82, 2.24) is 29.9 Å². The Morgan fingerprint density at radius 1 is 1.46 bits per heavy atom. The molecule has 0 aliphatic heterocycles. The molecule has 2 aromatic heterocycles. The van der Waals surface area contributed by atoms with Gasteiger partial charge in [-0.3, -0.25) is 0 Å². The minimum absolute atomic E-state index is 0.0758. The molecule has 0 atom stereocenters. The van der Waals surface area contributed by atoms with Crippen molar-refractivity contribution in [2.75, 3.05) is 7.11 Å². The van der Waals surface area contributed by atoms with Gasteiger partial charge in [-0.15, -0.1) is 5.10 Å². The number of hydrogen-bond acceptors (Lipinski definition) is 6. The fourth-order valence-electron chi connectivity index (χ4n) is 2.27. The molecule has 8 nitrogen and oxygen atoms in total. The molecular formula is C16H14FN7OS. The van der Waals surface area contributed by atoms with E-state index >= 15 is 0 Å². The highest BCUT2D eigenvalue weighted by molar-refractivity contribution is 7.80. The second-order valence-electron chi connectivity index (χ2n) is 5.30. The van der Waals surface area contributed by atoms with Crippen LogP contribution in [0.15, 0.2) is 42.8 Å². The number of nitrogens with zero attached hydrogens (tertiary/aromatic N) is 6. The van der Waals surface area contributed by atoms with E-state index in [0.29, 0.717) is 23.6 Å². The fraction of sp³-hybridized carbons (Fsp3) is 0.188. The lowest BCUT2D eigenvalue weighted by Gasteiger charge is -2.04. The van der Waals surface area contributed by atoms with Crippen molar-refractivity contribution >= 4 is 28.8 Å². The van der Waals surface area contributed by atoms with Crippen LogP contribution in [0.1, 0.15) is 17.8 Å². The van der Waals surface area contributed by atoms with Crippen molar-refractivity contribution < 1.29 is 9.13 Å². The number of thiocarbonyl (C=S) groups is 1. The van der Waals surface area contributed by atoms with Gasteiger partial charge in [0.2, 0.25) is 0 Å². The van der Waals surface area contributed by atoms with E-state index in [2.05, 4.69) is 20.6 Å². The molecule has 0 radical (unpaired) electrons. The monoisotopic (exact) mass is 371 g/mol. The summed E-state index contributed by atoms with van der Waals surface area (Å²) in [7, 11) is 1.47. The van der Waals surface area contributed by atoms with Gasteiger partial charge in [-0.05, 0) is 30.4 Å². The molecule has 26 heavy (non-hydrogen) atoms. The molecule has 0 saturated heterocycles. The number of hydrogen-bond donors (Lipinski definition) is 1. The molecule has 132 valence electrons. The van der Waals surface area contributed by atoms with Gasteiger partial charge in [0.25, 0.3) is 5.17 Å². The molecule has 0 amide bonds. The summed E-state index contributed by atoms with van der Waals surface area (Å²) in [5.41, 5.74) is 2.06. The second kappa shape index (κ2) is 7.71. The van der Waals surface area contributed by atoms with Crippen LogP contribution in [0.2, 0.25) is 0 Å². The van der Waals surface area contributed by atoms with Crippen molar-refractivity contribution in [2.45, 2.75) is 13.0 Å². The van der Waals surface area contributed by atoms with Gasteiger partial charge in [0.05, 0.1) is 25.5 Å². The van der Waals surface area contributed by atoms with Crippen LogP contribution in [0, 0.1) is 11.3 Å². The number of aromatic nitrogens is 5. The first-order chi connectivity index (χ1) is 12.6. The van der Waals surface area contributed by atoms with Gasteiger partial charge < -0.3 is 14.6 Å². The van der Waals surface area contributed by atoms with E-state index in [1.165, 1.54) is 24.2 Å². The van der Waals surface area contributed by atoms with Crippen molar-refractivity contribution in [1.29, 1.82) is 5.26 Å². The maximum atomic E-state index is 14.3. The smallest absolute Gasteiger partial charge is 0.256 e. The third-order valence-electron chi connectivity index (χ3n) is 3.53. The van der Waals surface area contributed by atoms with E-state index in [1.54, 1.807) is 29.1 Å². The Labute approximate surface area is 153 Å². The lowest BCUT2D eigenvalue weighted by atomic mass is 10.3. The summed E-state index contributed by atoms with van der Waals surface area (Å²) in [5, 5.41) is 20.0. The standard InChI is InChI=1S/C16H14FN7OS/c1-25-16(26)19-7-13-9-24(22-21-13)15-3-2-14(4-11(17)5-15)23-8-12(6-18)20-10-23/h2-3,5,8-10H,4,7H2,1H3,(H,19,26). The second-order valence-corrected chi connectivity index (χ2v) is 5.67. The van der Waals surface area contributed by atoms with E-state index in [4.69, 9.17) is 22.2 Å². The zero-order chi connectivity index (χ0) is 18.5. The number of ether oxygens (including phenoxy) is 1. The fourth-order valence-corrected chi connectivity index (χ4v) is 2.34. The summed E-state index contributed by atoms with van der Waals surface area (Å²) >= 11 is 4.90. The molecule has 0 bridgehead atoms. The lowest BCUT2D eigenvalue weighted by Crippen LogP contribution is -2.22. The third-order valence-corrected chi connectivity index (χ3v) is 3.85. The zero-order valence-corrected chi connectivity index (χ0v) is 14.6. The average molecular weight is 371 g/mol. The highest BCUT2D eigenvalue weighted by atomic mass is 32.1. The van der Waals surface area contributed by atoms with Crippen LogP contribution in [-0.2, 0) is 11.3 Å². The maximum Gasteiger partial charge on any atom is 0.256 e. The van der Waals surface area contributed by atoms with Gasteiger partial charge in [-0.25, -0.2) is 14.1 Å². The quantitative estimate of drug-likeness (QED) is 0.822. The Morgan fingerprint density at radius 2 is 2.31 bits per heavy atom. The van der Waals surface area contributed by atoms with Crippen LogP contribution in [-0.4, -0.2) is 36.8 Å². The van der Waals surface area contributed by atoms with E-state index in [9.17, 15) is 4.39 Å². The third kappa shape index (κ3) is 4.01. The van der Waals surface area contributed by atoms with Crippen LogP contribution in [0.5, 0.6) is 0 Å². The molecule has 2 heterocycles. The Bertz CT molecular complexity index is 963. The number of nitriles is 1. The highest BCUT2D eigenvalue weighted by Gasteiger charge is 2.12. The van der Waals surface area contributed by atoms with E-state index in [0.717, 1.165) is 0 Å². The topological polar surface area (TPSA) is 93.6 Å². The molecule has 10 heteroatoms. The summed E-state index contributed by atoms with van der Waals surface area (Å²) < 4.78 is 22.2. The predicted molar refractivity (Wildman–Crippen MR) is 95.8 cm³/mol. The Balaban J connectivity index is 1.81. The van der Waals surface area contributed by atoms with Gasteiger partial charge in [0.15, 0.2) is 5.69 Å². The van der Waals surface area contributed by atoms with Crippen LogP contribution in [0.25, 0.3) is 11.4 Å². The molecule has 1 aliphatic carbocycles. The van der Waals surface area contributed by atoms with Gasteiger partial charge in [0, 0.05) is 18.3 Å². The number of imidazole rings is 1. The molecule has 1 N–H and O–H groups in total. The highest BCUT2D eigenvalue weighted by Crippen LogP contribution is 2.24. The molecule has 0 fully saturated rings. The Hall–Kier alpha value is -3.32. The first-order valence-electron chi connectivity index (χ1n) is 7.54. The normalized spacial score (nSPS) is 13.8. The van der Waals surface area contributed by atoms with Crippen molar-refractivity contribution in [2.24, 2.45) is 0 Å². The van der Waals surface area contributed by atoms with Crippen LogP contribution < -0.4 is 5.32 Å². The molecule has 3 rings (SSSR count). The SMILES string of the molecule is COC(=S)NCc1cn(C2=CC=C(n3cnc(C#N)c3)CC(F)=C2)nn1. The minimum Gasteiger partial charge on any atom is -0.474 e. The van der Waals surface area contributed by atoms with Gasteiger partial charge in [0.1, 0.15) is 23.9 Å². The number of rotatable bonds is 4. The van der Waals surface area contributed by atoms with Gasteiger partial charge >= 0.3 is 0 Å². The number of methoxy groups -OCH3 is 1. The molecule has 0 spiro atoms. The Kier molecular flexibility index (Phi) is 5.19. The first-order valence-corrected chi connectivity index (χ1v) is 7.94. The van der Waals surface area contributed by atoms with Crippen LogP contribution >= 0.6 is 12.2 Å². The molecule has 1 aliphatic rings. The van der Waals surface area contributed by atoms with Crippen molar-refractivity contribution in [3.8, 4) is 6.07 Å². The van der Waals surface area contributed by atoms with Crippen LogP contribution in [0.4, 0.5) is 4.39 Å². The molecule has 0 unspecified atom stereocenters. The average Bonchev–Trinajstić information content (AvgIpc) is 3.27. The maximum absolute atomic E-state index is 14.3. The van der Waals surface area contributed by atoms with Crippen LogP contribution in [0.3, 0.4) is 0 Å². The summed E-state index contributed by atoms with van der Waals surface area (Å²) in [6.07, 6.45) is 9.64. The molecular weight excluding hydrogens is 357 g/mol. The molecule has 0 aromatic carbocycles. The molecule has 2 aromatic rings. The van der Waals surface area contributed by atoms with E-state index < -0.39 is 0 Å². The molecule has 0 saturated carbocycles. The zero-order valence-electron chi connectivity index (χ0n) is 13.8. The van der Waals surface area contributed by atoms with Gasteiger partial charge in [-0.2, -0.15) is 5.26 Å². The summed E-state index contributed by atoms with van der Waals surface area (Å²) in [4.78, 5) is 3.93. The summed E-state index contributed by atoms with van der Waals surface area (Å²) in [6, 6.07) is 1.95.